The third kappa shape index (κ3) is 5.37. The van der Waals surface area contributed by atoms with Gasteiger partial charge in [-0.2, -0.15) is 5.10 Å². The van der Waals surface area contributed by atoms with E-state index in [9.17, 15) is 19.2 Å². The van der Waals surface area contributed by atoms with E-state index in [2.05, 4.69) is 21.2 Å². The summed E-state index contributed by atoms with van der Waals surface area (Å²) in [6.07, 6.45) is 6.06. The number of carbonyl (C=O) groups excluding carboxylic acids is 4. The van der Waals surface area contributed by atoms with Crippen LogP contribution in [-0.2, 0) is 19.1 Å². The number of nitrogens with zero attached hydrogens (tertiary/aromatic N) is 1. The Bertz CT molecular complexity index is 1160. The lowest BCUT2D eigenvalue weighted by atomic mass is 9.80. The molecule has 1 fully saturated rings. The van der Waals surface area contributed by atoms with E-state index in [0.29, 0.717) is 5.69 Å². The molecule has 1 aliphatic heterocycles. The first-order chi connectivity index (χ1) is 16.5. The number of nitrogens with one attached hydrogen (secondary N) is 3. The highest BCUT2D eigenvalue weighted by Crippen LogP contribution is 2.32. The predicted octanol–water partition coefficient (Wildman–Crippen LogP) is 3.02. The molecule has 2 aromatic carbocycles. The molecular weight excluding hydrogens is 436 g/mol. The van der Waals surface area contributed by atoms with Crippen LogP contribution in [0.1, 0.15) is 36.0 Å². The van der Waals surface area contributed by atoms with E-state index in [1.165, 1.54) is 24.6 Å². The van der Waals surface area contributed by atoms with Crippen molar-refractivity contribution in [2.75, 3.05) is 10.6 Å². The van der Waals surface area contributed by atoms with E-state index >= 15 is 0 Å². The maximum Gasteiger partial charge on any atom is 0.329 e. The van der Waals surface area contributed by atoms with E-state index in [1.807, 2.05) is 6.07 Å². The molecule has 4 rings (SSSR count). The Morgan fingerprint density at radius 3 is 2.47 bits per heavy atom. The Morgan fingerprint density at radius 2 is 1.65 bits per heavy atom. The summed E-state index contributed by atoms with van der Waals surface area (Å²) in [4.78, 5) is 49.7. The van der Waals surface area contributed by atoms with Gasteiger partial charge < -0.3 is 15.4 Å². The quantitative estimate of drug-likeness (QED) is 0.359. The summed E-state index contributed by atoms with van der Waals surface area (Å²) in [7, 11) is 0. The number of para-hydroxylation sites is 2. The number of fused-ring (bicyclic) bond motifs is 1. The lowest BCUT2D eigenvalue weighted by Crippen LogP contribution is -2.37. The summed E-state index contributed by atoms with van der Waals surface area (Å²) in [6.45, 7) is 0. The summed E-state index contributed by atoms with van der Waals surface area (Å²) >= 11 is 0. The number of ketones is 1. The molecule has 0 spiro atoms. The van der Waals surface area contributed by atoms with Gasteiger partial charge in [-0.15, -0.1) is 0 Å². The number of allylic oxidation sites excluding steroid dienone is 1. The van der Waals surface area contributed by atoms with Gasteiger partial charge in [-0.1, -0.05) is 36.8 Å². The molecule has 1 saturated carbocycles. The number of Topliss-reactive ketones (excluding diaryl/α,β-unsaturated/α-hetero) is 1. The Labute approximate surface area is 196 Å². The highest BCUT2D eigenvalue weighted by molar-refractivity contribution is 6.40. The van der Waals surface area contributed by atoms with Crippen molar-refractivity contribution in [3.05, 3.63) is 72.0 Å². The minimum absolute atomic E-state index is 0.0724. The lowest BCUT2D eigenvalue weighted by Gasteiger charge is -2.33. The minimum Gasteiger partial charge on any atom is -0.496 e. The number of carbonyl (C=O) groups is 4. The van der Waals surface area contributed by atoms with Crippen molar-refractivity contribution in [1.29, 1.82) is 0 Å². The van der Waals surface area contributed by atoms with Crippen molar-refractivity contribution in [1.82, 2.24) is 5.43 Å². The second-order valence-electron chi connectivity index (χ2n) is 8.02. The zero-order chi connectivity index (χ0) is 23.9. The van der Waals surface area contributed by atoms with E-state index in [1.54, 1.807) is 36.4 Å². The van der Waals surface area contributed by atoms with Gasteiger partial charge in [-0.25, -0.2) is 5.43 Å². The van der Waals surface area contributed by atoms with Crippen LogP contribution in [0.2, 0.25) is 0 Å². The maximum absolute atomic E-state index is 12.6. The Hall–Kier alpha value is -4.27. The topological polar surface area (TPSA) is 126 Å². The van der Waals surface area contributed by atoms with Crippen molar-refractivity contribution >= 4 is 41.1 Å². The molecule has 2 aliphatic rings. The number of benzene rings is 2. The summed E-state index contributed by atoms with van der Waals surface area (Å²) in [6, 6.07) is 15.2. The van der Waals surface area contributed by atoms with Gasteiger partial charge in [0.15, 0.2) is 5.78 Å². The van der Waals surface area contributed by atoms with Crippen molar-refractivity contribution in [2.24, 2.45) is 11.0 Å². The van der Waals surface area contributed by atoms with Crippen LogP contribution >= 0.6 is 0 Å². The van der Waals surface area contributed by atoms with Crippen LogP contribution in [0.3, 0.4) is 0 Å². The van der Waals surface area contributed by atoms with Gasteiger partial charge in [0.1, 0.15) is 6.10 Å². The first-order valence-electron chi connectivity index (χ1n) is 11.0. The second kappa shape index (κ2) is 10.6. The molecule has 2 atom stereocenters. The minimum atomic E-state index is -1.05. The van der Waals surface area contributed by atoms with E-state index in [4.69, 9.17) is 4.74 Å². The molecular formula is C25H24N4O5. The van der Waals surface area contributed by atoms with Gasteiger partial charge in [-0.3, -0.25) is 19.2 Å². The van der Waals surface area contributed by atoms with Gasteiger partial charge in [0, 0.05) is 5.69 Å². The summed E-state index contributed by atoms with van der Waals surface area (Å²) in [5, 5.41) is 8.88. The Balaban J connectivity index is 1.35. The third-order valence-corrected chi connectivity index (χ3v) is 5.72. The van der Waals surface area contributed by atoms with Crippen LogP contribution < -0.4 is 16.1 Å². The summed E-state index contributed by atoms with van der Waals surface area (Å²) < 4.78 is 5.62. The molecule has 9 nitrogen and oxygen atoms in total. The van der Waals surface area contributed by atoms with Crippen LogP contribution in [0.4, 0.5) is 11.4 Å². The SMILES string of the molecule is O=C(N/N=C/C1=COC2CCCCC2C1=O)C(=O)Nc1ccccc1C(=O)Nc1ccccc1. The fourth-order valence-electron chi connectivity index (χ4n) is 3.99. The van der Waals surface area contributed by atoms with Crippen LogP contribution in [0.15, 0.2) is 71.5 Å². The highest BCUT2D eigenvalue weighted by Gasteiger charge is 2.36. The lowest BCUT2D eigenvalue weighted by molar-refractivity contribution is -0.136. The third-order valence-electron chi connectivity index (χ3n) is 5.72. The molecule has 1 aliphatic carbocycles. The van der Waals surface area contributed by atoms with Crippen LogP contribution in [-0.4, -0.2) is 35.8 Å². The van der Waals surface area contributed by atoms with Gasteiger partial charge in [-0.05, 0) is 43.5 Å². The molecule has 2 aromatic rings. The average Bonchev–Trinajstić information content (AvgIpc) is 2.86. The highest BCUT2D eigenvalue weighted by atomic mass is 16.5. The fourth-order valence-corrected chi connectivity index (χ4v) is 3.99. The van der Waals surface area contributed by atoms with Crippen LogP contribution in [0.5, 0.6) is 0 Å². The molecule has 174 valence electrons. The van der Waals surface area contributed by atoms with Gasteiger partial charge in [0.05, 0.1) is 35.2 Å². The molecule has 34 heavy (non-hydrogen) atoms. The first-order valence-corrected chi connectivity index (χ1v) is 11.0. The van der Waals surface area contributed by atoms with Crippen molar-refractivity contribution < 1.29 is 23.9 Å². The molecule has 3 N–H and O–H groups in total. The molecule has 2 unspecified atom stereocenters. The van der Waals surface area contributed by atoms with Gasteiger partial charge in [0.2, 0.25) is 0 Å². The van der Waals surface area contributed by atoms with E-state index in [-0.39, 0.29) is 34.6 Å². The molecule has 9 heteroatoms. The van der Waals surface area contributed by atoms with Gasteiger partial charge >= 0.3 is 11.8 Å². The normalized spacial score (nSPS) is 19.4. The van der Waals surface area contributed by atoms with Crippen LogP contribution in [0, 0.1) is 5.92 Å². The number of hydrazone groups is 1. The molecule has 0 saturated heterocycles. The second-order valence-corrected chi connectivity index (χ2v) is 8.02. The summed E-state index contributed by atoms with van der Waals surface area (Å²) in [5.74, 6) is -2.77. The number of amides is 3. The predicted molar refractivity (Wildman–Crippen MR) is 126 cm³/mol. The zero-order valence-electron chi connectivity index (χ0n) is 18.3. The number of hydrogen-bond donors (Lipinski definition) is 3. The Kier molecular flexibility index (Phi) is 7.12. The average molecular weight is 460 g/mol. The first kappa shape index (κ1) is 22.9. The Morgan fingerprint density at radius 1 is 0.912 bits per heavy atom. The number of hydrogen-bond acceptors (Lipinski definition) is 6. The number of ether oxygens (including phenoxy) is 1. The number of anilines is 2. The molecule has 1 heterocycles. The maximum atomic E-state index is 12.6. The van der Waals surface area contributed by atoms with Crippen molar-refractivity contribution in [3.63, 3.8) is 0 Å². The van der Waals surface area contributed by atoms with Gasteiger partial charge in [0.25, 0.3) is 5.91 Å². The fraction of sp³-hybridized carbons (Fsp3) is 0.240. The molecule has 3 amide bonds. The largest absolute Gasteiger partial charge is 0.496 e. The van der Waals surface area contributed by atoms with Crippen molar-refractivity contribution in [2.45, 2.75) is 31.8 Å². The van der Waals surface area contributed by atoms with E-state index < -0.39 is 17.7 Å². The molecule has 0 bridgehead atoms. The molecule has 0 aromatic heterocycles. The smallest absolute Gasteiger partial charge is 0.329 e. The van der Waals surface area contributed by atoms with Crippen LogP contribution in [0.25, 0.3) is 0 Å². The standard InChI is InChI=1S/C25H24N4O5/c30-22-16(15-34-21-13-7-5-11-19(21)22)14-26-29-25(33)24(32)28-20-12-6-4-10-18(20)23(31)27-17-8-2-1-3-9-17/h1-4,6,8-10,12,14-15,19,21H,5,7,11,13H2,(H,27,31)(H,28,32)(H,29,33)/b26-14+. The monoisotopic (exact) mass is 460 g/mol. The van der Waals surface area contributed by atoms with Crippen molar-refractivity contribution in [3.8, 4) is 0 Å². The number of rotatable bonds is 5. The van der Waals surface area contributed by atoms with E-state index in [0.717, 1.165) is 25.7 Å². The molecule has 0 radical (unpaired) electrons. The summed E-state index contributed by atoms with van der Waals surface area (Å²) in [5.41, 5.74) is 3.29. The zero-order valence-corrected chi connectivity index (χ0v) is 18.3.